The van der Waals surface area contributed by atoms with Gasteiger partial charge in [-0.3, -0.25) is 4.79 Å². The van der Waals surface area contributed by atoms with Gasteiger partial charge in [0, 0.05) is 22.5 Å². The molecular weight excluding hydrogens is 402 g/mol. The van der Waals surface area contributed by atoms with Crippen LogP contribution in [-0.4, -0.2) is 18.5 Å². The Morgan fingerprint density at radius 2 is 1.60 bits per heavy atom. The van der Waals surface area contributed by atoms with Crippen molar-refractivity contribution in [2.75, 3.05) is 17.2 Å². The molecule has 3 aromatic rings. The van der Waals surface area contributed by atoms with Crippen LogP contribution >= 0.6 is 11.6 Å². The zero-order chi connectivity index (χ0) is 21.3. The summed E-state index contributed by atoms with van der Waals surface area (Å²) in [5.41, 5.74) is 2.20. The maximum absolute atomic E-state index is 12.3. The van der Waals surface area contributed by atoms with Gasteiger partial charge in [0.2, 0.25) is 0 Å². The summed E-state index contributed by atoms with van der Waals surface area (Å²) in [7, 11) is 0. The van der Waals surface area contributed by atoms with Crippen molar-refractivity contribution >= 4 is 34.9 Å². The molecule has 0 radical (unpaired) electrons. The first kappa shape index (κ1) is 21.2. The van der Waals surface area contributed by atoms with Gasteiger partial charge in [-0.25, -0.2) is 4.79 Å². The monoisotopic (exact) mass is 423 g/mol. The Hall–Kier alpha value is -3.51. The number of benzene rings is 3. The number of hydrogen-bond donors (Lipinski definition) is 3. The standard InChI is InChI=1S/C23H22ClN3O3/c1-16(17-10-12-18(24)13-11-17)25-23(29)27-20-8-5-9-21(14-20)30-15-22(28)26-19-6-3-2-4-7-19/h2-14,16H,15H2,1H3,(H,26,28)(H2,25,27,29). The normalized spacial score (nSPS) is 11.3. The third-order valence-electron chi connectivity index (χ3n) is 4.24. The number of hydrogen-bond acceptors (Lipinski definition) is 3. The molecule has 3 N–H and O–H groups in total. The fraction of sp³-hybridized carbons (Fsp3) is 0.130. The summed E-state index contributed by atoms with van der Waals surface area (Å²) in [5, 5.41) is 9.02. The molecule has 0 aliphatic carbocycles. The zero-order valence-electron chi connectivity index (χ0n) is 16.4. The number of rotatable bonds is 7. The molecule has 30 heavy (non-hydrogen) atoms. The van der Waals surface area contributed by atoms with Gasteiger partial charge in [0.05, 0.1) is 6.04 Å². The molecule has 0 aromatic heterocycles. The van der Waals surface area contributed by atoms with Crippen molar-refractivity contribution in [3.63, 3.8) is 0 Å². The Balaban J connectivity index is 1.50. The fourth-order valence-corrected chi connectivity index (χ4v) is 2.86. The van der Waals surface area contributed by atoms with Crippen LogP contribution in [0.1, 0.15) is 18.5 Å². The molecule has 1 atom stereocenters. The molecule has 3 rings (SSSR count). The highest BCUT2D eigenvalue weighted by Gasteiger charge is 2.10. The number of nitrogens with one attached hydrogen (secondary N) is 3. The SMILES string of the molecule is CC(NC(=O)Nc1cccc(OCC(=O)Nc2ccccc2)c1)c1ccc(Cl)cc1. The molecule has 0 aliphatic heterocycles. The summed E-state index contributed by atoms with van der Waals surface area (Å²) in [5.74, 6) is 0.204. The van der Waals surface area contributed by atoms with Gasteiger partial charge in [-0.05, 0) is 48.9 Å². The summed E-state index contributed by atoms with van der Waals surface area (Å²) >= 11 is 5.89. The number of urea groups is 1. The van der Waals surface area contributed by atoms with Gasteiger partial charge in [-0.2, -0.15) is 0 Å². The van der Waals surface area contributed by atoms with Gasteiger partial charge in [-0.15, -0.1) is 0 Å². The second-order valence-electron chi connectivity index (χ2n) is 6.60. The van der Waals surface area contributed by atoms with Crippen molar-refractivity contribution in [1.29, 1.82) is 0 Å². The molecule has 0 saturated heterocycles. The van der Waals surface area contributed by atoms with E-state index in [0.29, 0.717) is 22.1 Å². The molecule has 0 saturated carbocycles. The lowest BCUT2D eigenvalue weighted by Gasteiger charge is -2.15. The van der Waals surface area contributed by atoms with Crippen LogP contribution in [0.4, 0.5) is 16.2 Å². The van der Waals surface area contributed by atoms with E-state index in [-0.39, 0.29) is 24.6 Å². The number of para-hydroxylation sites is 1. The second kappa shape index (κ2) is 10.3. The van der Waals surface area contributed by atoms with E-state index in [0.717, 1.165) is 5.56 Å². The van der Waals surface area contributed by atoms with Gasteiger partial charge in [0.15, 0.2) is 6.61 Å². The van der Waals surface area contributed by atoms with E-state index in [1.807, 2.05) is 37.3 Å². The van der Waals surface area contributed by atoms with Gasteiger partial charge < -0.3 is 20.7 Å². The Labute approximate surface area is 180 Å². The van der Waals surface area contributed by atoms with Gasteiger partial charge in [0.25, 0.3) is 5.91 Å². The van der Waals surface area contributed by atoms with Crippen molar-refractivity contribution in [3.8, 4) is 5.75 Å². The van der Waals surface area contributed by atoms with Crippen LogP contribution in [-0.2, 0) is 4.79 Å². The minimum atomic E-state index is -0.351. The first-order chi connectivity index (χ1) is 14.5. The summed E-state index contributed by atoms with van der Waals surface area (Å²) in [6.07, 6.45) is 0. The lowest BCUT2D eigenvalue weighted by atomic mass is 10.1. The molecule has 0 heterocycles. The van der Waals surface area contributed by atoms with Crippen LogP contribution < -0.4 is 20.7 Å². The molecule has 0 spiro atoms. The molecule has 6 nitrogen and oxygen atoms in total. The maximum Gasteiger partial charge on any atom is 0.319 e. The molecule has 0 aliphatic rings. The highest BCUT2D eigenvalue weighted by molar-refractivity contribution is 6.30. The van der Waals surface area contributed by atoms with Crippen molar-refractivity contribution in [3.05, 3.63) is 89.4 Å². The molecule has 154 valence electrons. The van der Waals surface area contributed by atoms with E-state index >= 15 is 0 Å². The van der Waals surface area contributed by atoms with Crippen LogP contribution in [0.15, 0.2) is 78.9 Å². The quantitative estimate of drug-likeness (QED) is 0.486. The molecule has 1 unspecified atom stereocenters. The Bertz CT molecular complexity index is 994. The Morgan fingerprint density at radius 3 is 2.33 bits per heavy atom. The maximum atomic E-state index is 12.3. The number of halogens is 1. The van der Waals surface area contributed by atoms with E-state index in [4.69, 9.17) is 16.3 Å². The predicted molar refractivity (Wildman–Crippen MR) is 119 cm³/mol. The third-order valence-corrected chi connectivity index (χ3v) is 4.49. The molecule has 3 aromatic carbocycles. The number of ether oxygens (including phenoxy) is 1. The first-order valence-electron chi connectivity index (χ1n) is 9.40. The van der Waals surface area contributed by atoms with Gasteiger partial charge in [-0.1, -0.05) is 48.0 Å². The average Bonchev–Trinajstić information content (AvgIpc) is 2.73. The van der Waals surface area contributed by atoms with Gasteiger partial charge >= 0.3 is 6.03 Å². The topological polar surface area (TPSA) is 79.5 Å². The summed E-state index contributed by atoms with van der Waals surface area (Å²) in [6, 6.07) is 22.7. The van der Waals surface area contributed by atoms with Crippen molar-refractivity contribution in [1.82, 2.24) is 5.32 Å². The largest absolute Gasteiger partial charge is 0.484 e. The minimum absolute atomic E-state index is 0.141. The summed E-state index contributed by atoms with van der Waals surface area (Å²) in [4.78, 5) is 24.3. The average molecular weight is 424 g/mol. The Kier molecular flexibility index (Phi) is 7.29. The third kappa shape index (κ3) is 6.53. The van der Waals surface area contributed by atoms with E-state index in [1.165, 1.54) is 0 Å². The van der Waals surface area contributed by atoms with Crippen molar-refractivity contribution in [2.45, 2.75) is 13.0 Å². The number of carbonyl (C=O) groups is 2. The van der Waals surface area contributed by atoms with Crippen LogP contribution in [0.25, 0.3) is 0 Å². The second-order valence-corrected chi connectivity index (χ2v) is 7.04. The Morgan fingerprint density at radius 1 is 0.900 bits per heavy atom. The fourth-order valence-electron chi connectivity index (χ4n) is 2.73. The number of amides is 3. The molecule has 7 heteroatoms. The predicted octanol–water partition coefficient (Wildman–Crippen LogP) is 5.24. The van der Waals surface area contributed by atoms with E-state index in [9.17, 15) is 9.59 Å². The van der Waals surface area contributed by atoms with Crippen LogP contribution in [0.5, 0.6) is 5.75 Å². The molecule has 3 amide bonds. The highest BCUT2D eigenvalue weighted by atomic mass is 35.5. The summed E-state index contributed by atoms with van der Waals surface area (Å²) < 4.78 is 5.53. The van der Waals surface area contributed by atoms with E-state index < -0.39 is 0 Å². The number of anilines is 2. The smallest absolute Gasteiger partial charge is 0.319 e. The van der Waals surface area contributed by atoms with Gasteiger partial charge in [0.1, 0.15) is 5.75 Å². The van der Waals surface area contributed by atoms with E-state index in [1.54, 1.807) is 48.5 Å². The molecule has 0 fully saturated rings. The first-order valence-corrected chi connectivity index (χ1v) is 9.78. The molecule has 0 bridgehead atoms. The van der Waals surface area contributed by atoms with Crippen LogP contribution in [0.2, 0.25) is 5.02 Å². The van der Waals surface area contributed by atoms with Crippen molar-refractivity contribution < 1.29 is 14.3 Å². The van der Waals surface area contributed by atoms with E-state index in [2.05, 4.69) is 16.0 Å². The van der Waals surface area contributed by atoms with Crippen molar-refractivity contribution in [2.24, 2.45) is 0 Å². The zero-order valence-corrected chi connectivity index (χ0v) is 17.1. The van der Waals surface area contributed by atoms with Crippen LogP contribution in [0, 0.1) is 0 Å². The summed E-state index contributed by atoms with van der Waals surface area (Å²) in [6.45, 7) is 1.74. The lowest BCUT2D eigenvalue weighted by Crippen LogP contribution is -2.31. The lowest BCUT2D eigenvalue weighted by molar-refractivity contribution is -0.118. The minimum Gasteiger partial charge on any atom is -0.484 e. The van der Waals surface area contributed by atoms with Crippen LogP contribution in [0.3, 0.4) is 0 Å². The molecular formula is C23H22ClN3O3. The highest BCUT2D eigenvalue weighted by Crippen LogP contribution is 2.19. The number of carbonyl (C=O) groups excluding carboxylic acids is 2.